The molecular weight excluding hydrogens is 230 g/mol. The molecule has 0 amide bonds. The monoisotopic (exact) mass is 255 g/mol. The van der Waals surface area contributed by atoms with Gasteiger partial charge in [-0.1, -0.05) is 50.6 Å². The summed E-state index contributed by atoms with van der Waals surface area (Å²) in [5, 5.41) is 8.56. The van der Waals surface area contributed by atoms with E-state index in [1.165, 1.54) is 48.5 Å². The molecule has 0 aliphatic heterocycles. The van der Waals surface area contributed by atoms with Crippen LogP contribution in [0.5, 0.6) is 0 Å². The second kappa shape index (κ2) is 7.14. The topological polar surface area (TPSA) is 23.8 Å². The van der Waals surface area contributed by atoms with Crippen molar-refractivity contribution in [1.82, 2.24) is 0 Å². The van der Waals surface area contributed by atoms with E-state index in [-0.39, 0.29) is 5.41 Å². The molecule has 19 heavy (non-hydrogen) atoms. The smallest absolute Gasteiger partial charge is 0.0912 e. The molecule has 0 bridgehead atoms. The molecule has 0 unspecified atom stereocenters. The minimum atomic E-state index is 0.0967. The Morgan fingerprint density at radius 1 is 1.21 bits per heavy atom. The molecule has 1 rings (SSSR count). The Balaban J connectivity index is 2.93. The minimum absolute atomic E-state index is 0.0967. The van der Waals surface area contributed by atoms with Gasteiger partial charge in [-0.25, -0.2) is 0 Å². The first-order chi connectivity index (χ1) is 8.95. The van der Waals surface area contributed by atoms with E-state index in [0.717, 1.165) is 0 Å². The molecule has 0 spiro atoms. The van der Waals surface area contributed by atoms with Crippen LogP contribution >= 0.6 is 0 Å². The summed E-state index contributed by atoms with van der Waals surface area (Å²) in [4.78, 5) is 0. The Bertz CT molecular complexity index is 459. The zero-order valence-electron chi connectivity index (χ0n) is 12.7. The summed E-state index contributed by atoms with van der Waals surface area (Å²) in [6.07, 6.45) is 14.9. The summed E-state index contributed by atoms with van der Waals surface area (Å²) in [5.41, 5.74) is 4.37. The van der Waals surface area contributed by atoms with Crippen LogP contribution in [0.15, 0.2) is 47.1 Å². The van der Waals surface area contributed by atoms with E-state index >= 15 is 0 Å². The molecule has 1 aliphatic carbocycles. The van der Waals surface area contributed by atoms with Crippen LogP contribution in [0.1, 0.15) is 53.4 Å². The molecule has 0 fully saturated rings. The Morgan fingerprint density at radius 3 is 2.47 bits per heavy atom. The van der Waals surface area contributed by atoms with Crippen molar-refractivity contribution in [3.05, 3.63) is 47.1 Å². The minimum Gasteiger partial charge on any atom is -0.193 e. The van der Waals surface area contributed by atoms with Crippen LogP contribution in [0.3, 0.4) is 0 Å². The molecule has 0 saturated carbocycles. The molecule has 1 nitrogen and oxygen atoms in total. The second-order valence-corrected chi connectivity index (χ2v) is 6.21. The van der Waals surface area contributed by atoms with Crippen molar-refractivity contribution in [3.8, 4) is 6.07 Å². The third-order valence-electron chi connectivity index (χ3n) is 3.57. The van der Waals surface area contributed by atoms with Crippen molar-refractivity contribution >= 4 is 0 Å². The maximum Gasteiger partial charge on any atom is 0.0912 e. The lowest BCUT2D eigenvalue weighted by atomic mass is 9.84. The molecule has 0 N–H and O–H groups in total. The highest BCUT2D eigenvalue weighted by atomic mass is 14.2. The predicted molar refractivity (Wildman–Crippen MR) is 82.6 cm³/mol. The van der Waals surface area contributed by atoms with Gasteiger partial charge in [0.2, 0.25) is 0 Å². The third kappa shape index (κ3) is 5.30. The zero-order valence-corrected chi connectivity index (χ0v) is 12.7. The van der Waals surface area contributed by atoms with Gasteiger partial charge >= 0.3 is 0 Å². The average molecular weight is 255 g/mol. The Labute approximate surface area is 118 Å². The summed E-state index contributed by atoms with van der Waals surface area (Å²) in [7, 11) is 0. The molecule has 1 aliphatic rings. The van der Waals surface area contributed by atoms with E-state index in [9.17, 15) is 0 Å². The third-order valence-corrected chi connectivity index (χ3v) is 3.57. The van der Waals surface area contributed by atoms with Crippen molar-refractivity contribution in [1.29, 1.82) is 5.26 Å². The Morgan fingerprint density at radius 2 is 1.89 bits per heavy atom. The molecule has 0 heterocycles. The van der Waals surface area contributed by atoms with Gasteiger partial charge in [0.05, 0.1) is 6.07 Å². The van der Waals surface area contributed by atoms with Crippen molar-refractivity contribution in [2.24, 2.45) is 5.41 Å². The summed E-state index contributed by atoms with van der Waals surface area (Å²) >= 11 is 0. The van der Waals surface area contributed by atoms with E-state index in [4.69, 9.17) is 5.26 Å². The van der Waals surface area contributed by atoms with Crippen LogP contribution < -0.4 is 0 Å². The Kier molecular flexibility index (Phi) is 5.83. The quantitative estimate of drug-likeness (QED) is 0.483. The molecule has 0 aromatic carbocycles. The van der Waals surface area contributed by atoms with Gasteiger partial charge in [0.1, 0.15) is 0 Å². The molecule has 1 heteroatoms. The van der Waals surface area contributed by atoms with Crippen LogP contribution in [0.4, 0.5) is 0 Å². The van der Waals surface area contributed by atoms with E-state index < -0.39 is 0 Å². The molecule has 102 valence electrons. The zero-order chi connectivity index (χ0) is 14.3. The Hall–Kier alpha value is -1.55. The molecule has 0 radical (unpaired) electrons. The van der Waals surface area contributed by atoms with Crippen LogP contribution in [0.2, 0.25) is 0 Å². The van der Waals surface area contributed by atoms with Crippen LogP contribution in [-0.4, -0.2) is 0 Å². The number of nitrogens with zero attached hydrogens (tertiary/aromatic N) is 1. The fraction of sp³-hybridized carbons (Fsp3) is 0.500. The normalized spacial score (nSPS) is 18.4. The first-order valence-electron chi connectivity index (χ1n) is 7.09. The van der Waals surface area contributed by atoms with Crippen molar-refractivity contribution < 1.29 is 0 Å². The van der Waals surface area contributed by atoms with Crippen molar-refractivity contribution in [3.63, 3.8) is 0 Å². The molecule has 0 aromatic rings. The van der Waals surface area contributed by atoms with Crippen LogP contribution in [0, 0.1) is 16.7 Å². The number of nitriles is 1. The molecule has 0 atom stereocenters. The van der Waals surface area contributed by atoms with Gasteiger partial charge in [0.25, 0.3) is 0 Å². The van der Waals surface area contributed by atoms with Gasteiger partial charge < -0.3 is 0 Å². The van der Waals surface area contributed by atoms with Gasteiger partial charge in [-0.15, -0.1) is 0 Å². The summed E-state index contributed by atoms with van der Waals surface area (Å²) in [6, 6.07) is 2.03. The lowest BCUT2D eigenvalue weighted by Crippen LogP contribution is -2.07. The number of allylic oxidation sites excluding steroid dienone is 8. The number of hydrogen-bond acceptors (Lipinski definition) is 1. The molecular formula is C18H25N. The summed E-state index contributed by atoms with van der Waals surface area (Å²) in [5.74, 6) is 0. The van der Waals surface area contributed by atoms with Gasteiger partial charge in [-0.3, -0.25) is 0 Å². The highest BCUT2D eigenvalue weighted by Crippen LogP contribution is 2.29. The first-order valence-corrected chi connectivity index (χ1v) is 7.09. The molecule has 0 aromatic heterocycles. The number of rotatable bonds is 3. The fourth-order valence-electron chi connectivity index (χ4n) is 2.25. The largest absolute Gasteiger partial charge is 0.193 e. The van der Waals surface area contributed by atoms with Gasteiger partial charge in [-0.05, 0) is 49.2 Å². The SMILES string of the molecule is CC1=C(/C=C/C(=C/C=C/C#N)C(C)(C)C)CCCC1. The molecule has 0 saturated heterocycles. The summed E-state index contributed by atoms with van der Waals surface area (Å²) < 4.78 is 0. The lowest BCUT2D eigenvalue weighted by Gasteiger charge is -2.21. The number of hydrogen-bond donors (Lipinski definition) is 0. The van der Waals surface area contributed by atoms with Crippen molar-refractivity contribution in [2.75, 3.05) is 0 Å². The fourth-order valence-corrected chi connectivity index (χ4v) is 2.25. The predicted octanol–water partition coefficient (Wildman–Crippen LogP) is 5.49. The van der Waals surface area contributed by atoms with Crippen LogP contribution in [-0.2, 0) is 0 Å². The van der Waals surface area contributed by atoms with E-state index in [1.807, 2.05) is 18.2 Å². The highest BCUT2D eigenvalue weighted by Gasteiger charge is 2.14. The maximum absolute atomic E-state index is 8.56. The van der Waals surface area contributed by atoms with Crippen LogP contribution in [0.25, 0.3) is 0 Å². The lowest BCUT2D eigenvalue weighted by molar-refractivity contribution is 0.517. The maximum atomic E-state index is 8.56. The van der Waals surface area contributed by atoms with Gasteiger partial charge in [0.15, 0.2) is 0 Å². The van der Waals surface area contributed by atoms with Crippen molar-refractivity contribution in [2.45, 2.75) is 53.4 Å². The van der Waals surface area contributed by atoms with Gasteiger partial charge in [0, 0.05) is 6.08 Å². The van der Waals surface area contributed by atoms with Gasteiger partial charge in [-0.2, -0.15) is 5.26 Å². The average Bonchev–Trinajstić information content (AvgIpc) is 2.34. The second-order valence-electron chi connectivity index (χ2n) is 6.21. The summed E-state index contributed by atoms with van der Waals surface area (Å²) in [6.45, 7) is 8.84. The standard InChI is InChI=1S/C18H25N/c1-15-9-5-6-10-16(15)12-13-17(18(2,3)4)11-7-8-14-19/h7-8,11-13H,5-6,9-10H2,1-4H3/b8-7+,13-12+,17-11-. The highest BCUT2D eigenvalue weighted by molar-refractivity contribution is 5.36. The van der Waals surface area contributed by atoms with E-state index in [1.54, 1.807) is 0 Å². The van der Waals surface area contributed by atoms with E-state index in [2.05, 4.69) is 39.8 Å². The first kappa shape index (κ1) is 15.5. The van der Waals surface area contributed by atoms with E-state index in [0.29, 0.717) is 0 Å².